The fourth-order valence-corrected chi connectivity index (χ4v) is 3.51. The van der Waals surface area contributed by atoms with E-state index < -0.39 is 0 Å². The van der Waals surface area contributed by atoms with Crippen molar-refractivity contribution in [3.05, 3.63) is 47.5 Å². The van der Waals surface area contributed by atoms with Crippen molar-refractivity contribution in [1.29, 1.82) is 0 Å². The number of rotatable bonds is 6. The predicted octanol–water partition coefficient (Wildman–Crippen LogP) is 4.33. The second kappa shape index (κ2) is 7.88. The van der Waals surface area contributed by atoms with E-state index in [4.69, 9.17) is 14.2 Å². The average molecular weight is 360 g/mol. The van der Waals surface area contributed by atoms with Gasteiger partial charge in [-0.25, -0.2) is 0 Å². The average Bonchev–Trinajstić information content (AvgIpc) is 2.54. The summed E-state index contributed by atoms with van der Waals surface area (Å²) in [4.78, 5) is 12.9. The molecule has 0 aromatic heterocycles. The minimum absolute atomic E-state index is 0.0121. The van der Waals surface area contributed by atoms with E-state index in [1.807, 2.05) is 45.9 Å². The van der Waals surface area contributed by atoms with Crippen LogP contribution in [0.4, 0.5) is 0 Å². The number of carbonyl (C=O) groups is 1. The zero-order valence-corrected chi connectivity index (χ0v) is 16.6. The highest BCUT2D eigenvalue weighted by Crippen LogP contribution is 2.34. The molecule has 0 saturated carbocycles. The Labute approximate surface area is 151 Å². The Balaban J connectivity index is 2.27. The summed E-state index contributed by atoms with van der Waals surface area (Å²) >= 11 is 0. The SMILES string of the molecule is COc1cccc(OC)c1C(=O)Pc1ccc(OC(C)(C)C)cc1C. The van der Waals surface area contributed by atoms with Crippen molar-refractivity contribution >= 4 is 19.4 Å². The molecule has 0 radical (unpaired) electrons. The smallest absolute Gasteiger partial charge is 0.193 e. The Morgan fingerprint density at radius 3 is 2.08 bits per heavy atom. The fraction of sp³-hybridized carbons (Fsp3) is 0.350. The molecule has 134 valence electrons. The van der Waals surface area contributed by atoms with Crippen LogP contribution in [0.25, 0.3) is 0 Å². The molecule has 0 bridgehead atoms. The normalized spacial score (nSPS) is 11.6. The van der Waals surface area contributed by atoms with E-state index in [1.165, 1.54) is 0 Å². The molecule has 1 unspecified atom stereocenters. The Kier molecular flexibility index (Phi) is 6.07. The molecule has 0 aliphatic heterocycles. The van der Waals surface area contributed by atoms with E-state index in [9.17, 15) is 4.79 Å². The summed E-state index contributed by atoms with van der Waals surface area (Å²) in [6.07, 6.45) is 0. The Morgan fingerprint density at radius 1 is 1.00 bits per heavy atom. The molecule has 4 nitrogen and oxygen atoms in total. The first-order chi connectivity index (χ1) is 11.7. The third-order valence-corrected chi connectivity index (χ3v) is 4.83. The van der Waals surface area contributed by atoms with Crippen LogP contribution in [-0.2, 0) is 0 Å². The first kappa shape index (κ1) is 19.3. The zero-order chi connectivity index (χ0) is 18.6. The molecular formula is C20H25O4P. The second-order valence-electron chi connectivity index (χ2n) is 6.68. The van der Waals surface area contributed by atoms with Crippen LogP contribution < -0.4 is 19.5 Å². The van der Waals surface area contributed by atoms with Crippen LogP contribution in [0.5, 0.6) is 17.2 Å². The van der Waals surface area contributed by atoms with Crippen LogP contribution in [0.15, 0.2) is 36.4 Å². The summed E-state index contributed by atoms with van der Waals surface area (Å²) < 4.78 is 16.5. The van der Waals surface area contributed by atoms with E-state index in [1.54, 1.807) is 32.4 Å². The highest BCUT2D eigenvalue weighted by atomic mass is 31.1. The van der Waals surface area contributed by atoms with Gasteiger partial charge in [0.25, 0.3) is 0 Å². The van der Waals surface area contributed by atoms with Crippen molar-refractivity contribution < 1.29 is 19.0 Å². The van der Waals surface area contributed by atoms with Gasteiger partial charge >= 0.3 is 0 Å². The number of ether oxygens (including phenoxy) is 3. The molecule has 2 rings (SSSR count). The van der Waals surface area contributed by atoms with Gasteiger partial charge in [-0.2, -0.15) is 0 Å². The van der Waals surface area contributed by atoms with Crippen LogP contribution in [0.3, 0.4) is 0 Å². The van der Waals surface area contributed by atoms with Gasteiger partial charge in [0.05, 0.1) is 14.2 Å². The lowest BCUT2D eigenvalue weighted by Gasteiger charge is -2.22. The number of aryl methyl sites for hydroxylation is 1. The summed E-state index contributed by atoms with van der Waals surface area (Å²) in [5, 5.41) is 0.985. The van der Waals surface area contributed by atoms with E-state index in [-0.39, 0.29) is 19.7 Å². The first-order valence-corrected chi connectivity index (χ1v) is 9.07. The molecule has 2 aromatic carbocycles. The van der Waals surface area contributed by atoms with Crippen molar-refractivity contribution in [1.82, 2.24) is 0 Å². The van der Waals surface area contributed by atoms with Crippen LogP contribution in [0, 0.1) is 6.92 Å². The number of carbonyl (C=O) groups excluding carboxylic acids is 1. The molecule has 0 spiro atoms. The van der Waals surface area contributed by atoms with Gasteiger partial charge in [-0.15, -0.1) is 0 Å². The second-order valence-corrected chi connectivity index (χ2v) is 7.93. The van der Waals surface area contributed by atoms with Crippen molar-refractivity contribution in [3.63, 3.8) is 0 Å². The largest absolute Gasteiger partial charge is 0.496 e. The summed E-state index contributed by atoms with van der Waals surface area (Å²) in [6, 6.07) is 11.2. The highest BCUT2D eigenvalue weighted by molar-refractivity contribution is 7.66. The molecule has 2 aromatic rings. The molecule has 0 aliphatic rings. The lowest BCUT2D eigenvalue weighted by atomic mass is 10.2. The molecule has 1 atom stereocenters. The van der Waals surface area contributed by atoms with Crippen LogP contribution >= 0.6 is 8.58 Å². The van der Waals surface area contributed by atoms with Crippen molar-refractivity contribution in [3.8, 4) is 17.2 Å². The van der Waals surface area contributed by atoms with Crippen molar-refractivity contribution in [2.75, 3.05) is 14.2 Å². The standard InChI is InChI=1S/C20H25O4P/c1-13-12-14(24-20(2,3)4)10-11-17(13)25-19(21)18-15(22-5)8-7-9-16(18)23-6/h7-12,25H,1-6H3. The minimum atomic E-state index is -0.253. The van der Waals surface area contributed by atoms with Gasteiger partial charge in [-0.05, 0) is 71.4 Å². The quantitative estimate of drug-likeness (QED) is 0.719. The van der Waals surface area contributed by atoms with Gasteiger partial charge in [0.2, 0.25) is 0 Å². The summed E-state index contributed by atoms with van der Waals surface area (Å²) in [6.45, 7) is 8.02. The fourth-order valence-electron chi connectivity index (χ4n) is 2.45. The maximum atomic E-state index is 12.9. The van der Waals surface area contributed by atoms with E-state index in [0.29, 0.717) is 17.1 Å². The maximum Gasteiger partial charge on any atom is 0.193 e. The lowest BCUT2D eigenvalue weighted by Crippen LogP contribution is -2.23. The molecular weight excluding hydrogens is 335 g/mol. The van der Waals surface area contributed by atoms with E-state index in [0.717, 1.165) is 16.6 Å². The van der Waals surface area contributed by atoms with E-state index >= 15 is 0 Å². The topological polar surface area (TPSA) is 44.8 Å². The van der Waals surface area contributed by atoms with Crippen LogP contribution in [-0.4, -0.2) is 25.3 Å². The third-order valence-electron chi connectivity index (χ3n) is 3.52. The van der Waals surface area contributed by atoms with E-state index in [2.05, 4.69) is 0 Å². The first-order valence-electron chi connectivity index (χ1n) is 8.07. The van der Waals surface area contributed by atoms with Gasteiger partial charge < -0.3 is 14.2 Å². The Hall–Kier alpha value is -2.06. The molecule has 25 heavy (non-hydrogen) atoms. The van der Waals surface area contributed by atoms with Gasteiger partial charge in [0, 0.05) is 0 Å². The molecule has 0 fully saturated rings. The summed E-state index contributed by atoms with van der Waals surface area (Å²) in [5.41, 5.74) is 1.25. The molecule has 0 heterocycles. The molecule has 0 aliphatic carbocycles. The molecule has 0 saturated heterocycles. The predicted molar refractivity (Wildman–Crippen MR) is 103 cm³/mol. The third kappa shape index (κ3) is 4.96. The van der Waals surface area contributed by atoms with Gasteiger partial charge in [-0.3, -0.25) is 4.79 Å². The van der Waals surface area contributed by atoms with Crippen molar-refractivity contribution in [2.24, 2.45) is 0 Å². The monoisotopic (exact) mass is 360 g/mol. The summed E-state index contributed by atoms with van der Waals surface area (Å²) in [5.74, 6) is 1.87. The number of methoxy groups -OCH3 is 2. The molecule has 0 N–H and O–H groups in total. The van der Waals surface area contributed by atoms with Gasteiger partial charge in [-0.1, -0.05) is 12.1 Å². The lowest BCUT2D eigenvalue weighted by molar-refractivity contribution is 0.108. The maximum absolute atomic E-state index is 12.9. The van der Waals surface area contributed by atoms with Gasteiger partial charge in [0.15, 0.2) is 5.52 Å². The minimum Gasteiger partial charge on any atom is -0.496 e. The number of hydrogen-bond acceptors (Lipinski definition) is 4. The number of hydrogen-bond donors (Lipinski definition) is 0. The van der Waals surface area contributed by atoms with Gasteiger partial charge in [0.1, 0.15) is 28.4 Å². The molecule has 0 amide bonds. The summed E-state index contributed by atoms with van der Waals surface area (Å²) in [7, 11) is 3.09. The molecule has 5 heteroatoms. The van der Waals surface area contributed by atoms with Crippen molar-refractivity contribution in [2.45, 2.75) is 33.3 Å². The van der Waals surface area contributed by atoms with Crippen LogP contribution in [0.1, 0.15) is 36.7 Å². The van der Waals surface area contributed by atoms with Crippen LogP contribution in [0.2, 0.25) is 0 Å². The Bertz CT molecular complexity index is 741. The number of benzene rings is 2. The highest BCUT2D eigenvalue weighted by Gasteiger charge is 2.19. The Morgan fingerprint density at radius 2 is 1.60 bits per heavy atom. The zero-order valence-electron chi connectivity index (χ0n) is 15.6.